The maximum absolute atomic E-state index is 5.80. The summed E-state index contributed by atoms with van der Waals surface area (Å²) in [5, 5.41) is 0. The first-order valence-electron chi connectivity index (χ1n) is 8.24. The van der Waals surface area contributed by atoms with Crippen molar-refractivity contribution in [2.45, 2.75) is 40.7 Å². The van der Waals surface area contributed by atoms with Gasteiger partial charge in [0.05, 0.1) is 6.61 Å². The molecule has 0 amide bonds. The number of rotatable bonds is 4. The molecule has 1 heterocycles. The maximum Gasteiger partial charge on any atom is 0.122 e. The topological polar surface area (TPSA) is 21.8 Å². The normalized spacial score (nSPS) is 14.2. The van der Waals surface area contributed by atoms with E-state index in [-0.39, 0.29) is 8.41 Å². The Morgan fingerprint density at radius 3 is 2.13 bits per heavy atom. The van der Waals surface area contributed by atoms with Crippen LogP contribution in [-0.4, -0.2) is 27.7 Å². The second kappa shape index (κ2) is 11.8. The first-order valence-corrected chi connectivity index (χ1v) is 8.24. The highest BCUT2D eigenvalue weighted by molar-refractivity contribution is 5.75. The van der Waals surface area contributed by atoms with E-state index in [1.807, 2.05) is 45.9 Å². The van der Waals surface area contributed by atoms with Crippen LogP contribution in [0.15, 0.2) is 48.5 Å². The van der Waals surface area contributed by atoms with Crippen molar-refractivity contribution in [3.8, 4) is 16.9 Å². The molecular formula is C20H28BO2. The summed E-state index contributed by atoms with van der Waals surface area (Å²) in [5.41, 5.74) is 3.64. The lowest BCUT2D eigenvalue weighted by Gasteiger charge is -2.12. The van der Waals surface area contributed by atoms with Gasteiger partial charge in [0.2, 0.25) is 0 Å². The summed E-state index contributed by atoms with van der Waals surface area (Å²) >= 11 is 0. The third-order valence-corrected chi connectivity index (χ3v) is 3.20. The summed E-state index contributed by atoms with van der Waals surface area (Å²) < 4.78 is 11.0. The summed E-state index contributed by atoms with van der Waals surface area (Å²) in [7, 11) is 0. The Hall–Kier alpha value is -1.74. The summed E-state index contributed by atoms with van der Waals surface area (Å²) in [6.45, 7) is 11.6. The Labute approximate surface area is 143 Å². The quantitative estimate of drug-likeness (QED) is 0.578. The third-order valence-electron chi connectivity index (χ3n) is 3.20. The van der Waals surface area contributed by atoms with Gasteiger partial charge < -0.3 is 9.47 Å². The van der Waals surface area contributed by atoms with Gasteiger partial charge >= 0.3 is 0 Å². The summed E-state index contributed by atoms with van der Waals surface area (Å²) in [4.78, 5) is 0. The molecule has 2 nitrogen and oxygen atoms in total. The minimum Gasteiger partial charge on any atom is -0.490 e. The molecular weight excluding hydrogens is 283 g/mol. The predicted molar refractivity (Wildman–Crippen MR) is 100 cm³/mol. The van der Waals surface area contributed by atoms with Gasteiger partial charge in [0, 0.05) is 8.41 Å². The molecule has 3 rings (SSSR count). The molecule has 3 radical (unpaired) electrons. The smallest absolute Gasteiger partial charge is 0.122 e. The highest BCUT2D eigenvalue weighted by Crippen LogP contribution is 2.30. The van der Waals surface area contributed by atoms with Crippen LogP contribution in [0.1, 0.15) is 33.3 Å². The van der Waals surface area contributed by atoms with Gasteiger partial charge in [-0.15, -0.1) is 0 Å². The Balaban J connectivity index is 0.000000901. The SMILES string of the molecule is CC.CC.Cc1c(OC[C@H]2CO2)cccc1-c1ccccc1.[B]. The van der Waals surface area contributed by atoms with Crippen LogP contribution in [-0.2, 0) is 4.74 Å². The van der Waals surface area contributed by atoms with Crippen molar-refractivity contribution in [3.05, 3.63) is 54.1 Å². The van der Waals surface area contributed by atoms with Crippen LogP contribution in [0.2, 0.25) is 0 Å². The minimum absolute atomic E-state index is 0. The molecule has 3 heteroatoms. The fourth-order valence-corrected chi connectivity index (χ4v) is 2.05. The molecule has 0 aromatic heterocycles. The van der Waals surface area contributed by atoms with Crippen molar-refractivity contribution in [3.63, 3.8) is 0 Å². The fourth-order valence-electron chi connectivity index (χ4n) is 2.05. The number of hydrogen-bond acceptors (Lipinski definition) is 2. The van der Waals surface area contributed by atoms with Crippen molar-refractivity contribution < 1.29 is 9.47 Å². The first-order chi connectivity index (χ1) is 10.8. The molecule has 1 aliphatic rings. The van der Waals surface area contributed by atoms with E-state index in [0.717, 1.165) is 12.4 Å². The van der Waals surface area contributed by atoms with Crippen molar-refractivity contribution in [2.75, 3.05) is 13.2 Å². The molecule has 0 saturated carbocycles. The molecule has 1 saturated heterocycles. The van der Waals surface area contributed by atoms with Crippen LogP contribution in [0.3, 0.4) is 0 Å². The van der Waals surface area contributed by atoms with Crippen molar-refractivity contribution in [1.29, 1.82) is 0 Å². The number of ether oxygens (including phenoxy) is 2. The average molecular weight is 311 g/mol. The second-order valence-corrected chi connectivity index (χ2v) is 4.56. The molecule has 123 valence electrons. The van der Waals surface area contributed by atoms with Gasteiger partial charge in [0.25, 0.3) is 0 Å². The molecule has 1 aliphatic heterocycles. The summed E-state index contributed by atoms with van der Waals surface area (Å²) in [5.74, 6) is 0.951. The number of benzene rings is 2. The van der Waals surface area contributed by atoms with Crippen LogP contribution in [0, 0.1) is 6.92 Å². The van der Waals surface area contributed by atoms with E-state index in [0.29, 0.717) is 12.7 Å². The average Bonchev–Trinajstić information content (AvgIpc) is 3.43. The zero-order chi connectivity index (χ0) is 16.4. The van der Waals surface area contributed by atoms with Crippen molar-refractivity contribution >= 4 is 8.41 Å². The second-order valence-electron chi connectivity index (χ2n) is 4.56. The predicted octanol–water partition coefficient (Wildman–Crippen LogP) is 5.11. The van der Waals surface area contributed by atoms with Crippen LogP contribution in [0.5, 0.6) is 5.75 Å². The molecule has 23 heavy (non-hydrogen) atoms. The first kappa shape index (κ1) is 21.3. The van der Waals surface area contributed by atoms with Crippen LogP contribution in [0.25, 0.3) is 11.1 Å². The zero-order valence-electron chi connectivity index (χ0n) is 15.0. The molecule has 2 aromatic carbocycles. The summed E-state index contributed by atoms with van der Waals surface area (Å²) in [6.07, 6.45) is 0.296. The van der Waals surface area contributed by atoms with E-state index in [2.05, 4.69) is 37.3 Å². The van der Waals surface area contributed by atoms with Crippen molar-refractivity contribution in [2.24, 2.45) is 0 Å². The standard InChI is InChI=1S/C16H16O2.2C2H6.B/c1-12-15(13-6-3-2-4-7-13)8-5-9-16(12)18-11-14-10-17-14;2*1-2;/h2-9,14H,10-11H2,1H3;2*1-2H3;/t14-;;;/m1.../s1. The Kier molecular flexibility index (Phi) is 10.9. The van der Waals surface area contributed by atoms with Crippen LogP contribution in [0.4, 0.5) is 0 Å². The van der Waals surface area contributed by atoms with E-state index in [4.69, 9.17) is 9.47 Å². The Morgan fingerprint density at radius 1 is 0.957 bits per heavy atom. The zero-order valence-corrected chi connectivity index (χ0v) is 15.0. The number of epoxide rings is 1. The van der Waals surface area contributed by atoms with Crippen LogP contribution < -0.4 is 4.74 Å². The van der Waals surface area contributed by atoms with E-state index in [1.54, 1.807) is 0 Å². The van der Waals surface area contributed by atoms with Gasteiger partial charge in [-0.25, -0.2) is 0 Å². The van der Waals surface area contributed by atoms with E-state index in [1.165, 1.54) is 16.7 Å². The maximum atomic E-state index is 5.80. The van der Waals surface area contributed by atoms with Gasteiger partial charge in [0.1, 0.15) is 18.5 Å². The van der Waals surface area contributed by atoms with E-state index >= 15 is 0 Å². The highest BCUT2D eigenvalue weighted by atomic mass is 16.6. The van der Waals surface area contributed by atoms with E-state index < -0.39 is 0 Å². The van der Waals surface area contributed by atoms with Gasteiger partial charge in [-0.3, -0.25) is 0 Å². The van der Waals surface area contributed by atoms with Crippen molar-refractivity contribution in [1.82, 2.24) is 0 Å². The lowest BCUT2D eigenvalue weighted by molar-refractivity contribution is 0.262. The van der Waals surface area contributed by atoms with Gasteiger partial charge in [-0.1, -0.05) is 70.2 Å². The molecule has 0 aliphatic carbocycles. The van der Waals surface area contributed by atoms with Gasteiger partial charge in [0.15, 0.2) is 0 Å². The molecule has 1 atom stereocenters. The minimum atomic E-state index is 0. The molecule has 0 spiro atoms. The largest absolute Gasteiger partial charge is 0.490 e. The lowest BCUT2D eigenvalue weighted by atomic mass is 10.00. The molecule has 1 fully saturated rings. The lowest BCUT2D eigenvalue weighted by Crippen LogP contribution is -2.05. The molecule has 0 N–H and O–H groups in total. The third kappa shape index (κ3) is 6.49. The van der Waals surface area contributed by atoms with Gasteiger partial charge in [-0.05, 0) is 29.7 Å². The summed E-state index contributed by atoms with van der Waals surface area (Å²) in [6, 6.07) is 16.6. The van der Waals surface area contributed by atoms with Crippen LogP contribution >= 0.6 is 0 Å². The monoisotopic (exact) mass is 311 g/mol. The van der Waals surface area contributed by atoms with Gasteiger partial charge in [-0.2, -0.15) is 0 Å². The molecule has 0 bridgehead atoms. The number of hydrogen-bond donors (Lipinski definition) is 0. The molecule has 0 unspecified atom stereocenters. The van der Waals surface area contributed by atoms with E-state index in [9.17, 15) is 0 Å². The Morgan fingerprint density at radius 2 is 1.57 bits per heavy atom. The fraction of sp³-hybridized carbons (Fsp3) is 0.400. The Bertz CT molecular complexity index is 537. The molecule has 2 aromatic rings. The highest BCUT2D eigenvalue weighted by Gasteiger charge is 2.23.